The Bertz CT molecular complexity index is 2800. The van der Waals surface area contributed by atoms with E-state index < -0.39 is 0 Å². The van der Waals surface area contributed by atoms with Crippen molar-refractivity contribution < 1.29 is 0 Å². The Kier molecular flexibility index (Phi) is 6.42. The number of benzene rings is 6. The summed E-state index contributed by atoms with van der Waals surface area (Å²) in [4.78, 5) is 14.8. The van der Waals surface area contributed by atoms with Crippen molar-refractivity contribution in [3.8, 4) is 45.4 Å². The van der Waals surface area contributed by atoms with Gasteiger partial charge in [-0.25, -0.2) is 9.97 Å². The zero-order chi connectivity index (χ0) is 33.0. The first-order valence-corrected chi connectivity index (χ1v) is 16.8. The van der Waals surface area contributed by atoms with Crippen LogP contribution in [0.15, 0.2) is 176 Å². The minimum Gasteiger partial charge on any atom is -0.309 e. The van der Waals surface area contributed by atoms with Crippen LogP contribution in [-0.2, 0) is 0 Å². The Labute approximate surface area is 288 Å². The summed E-state index contributed by atoms with van der Waals surface area (Å²) in [7, 11) is 0. The van der Waals surface area contributed by atoms with Crippen molar-refractivity contribution in [2.24, 2.45) is 0 Å². The maximum Gasteiger partial charge on any atom is 0.162 e. The van der Waals surface area contributed by atoms with Crippen LogP contribution >= 0.6 is 0 Å². The van der Waals surface area contributed by atoms with E-state index in [2.05, 4.69) is 129 Å². The van der Waals surface area contributed by atoms with E-state index >= 15 is 0 Å². The Balaban J connectivity index is 1.18. The van der Waals surface area contributed by atoms with Crippen molar-refractivity contribution >= 4 is 43.6 Å². The van der Waals surface area contributed by atoms with E-state index in [0.717, 1.165) is 45.1 Å². The number of aromatic nitrogens is 5. The zero-order valence-electron chi connectivity index (χ0n) is 27.0. The Hall–Kier alpha value is -6.85. The second-order valence-corrected chi connectivity index (χ2v) is 12.5. The van der Waals surface area contributed by atoms with E-state index in [0.29, 0.717) is 5.82 Å². The summed E-state index contributed by atoms with van der Waals surface area (Å²) in [5.41, 5.74) is 10.6. The molecule has 4 heterocycles. The molecule has 10 rings (SSSR count). The topological polar surface area (TPSA) is 48.5 Å². The molecule has 0 fully saturated rings. The second-order valence-electron chi connectivity index (χ2n) is 12.5. The molecule has 10 aromatic rings. The van der Waals surface area contributed by atoms with Crippen LogP contribution in [-0.4, -0.2) is 24.1 Å². The average Bonchev–Trinajstić information content (AvgIpc) is 3.71. The van der Waals surface area contributed by atoms with Gasteiger partial charge in [-0.3, -0.25) is 9.55 Å². The van der Waals surface area contributed by atoms with Crippen molar-refractivity contribution in [1.29, 1.82) is 0 Å². The van der Waals surface area contributed by atoms with Gasteiger partial charge in [-0.05, 0) is 65.7 Å². The van der Waals surface area contributed by atoms with Gasteiger partial charge in [0.05, 0.1) is 33.5 Å². The van der Waals surface area contributed by atoms with Gasteiger partial charge in [0, 0.05) is 45.1 Å². The van der Waals surface area contributed by atoms with Gasteiger partial charge >= 0.3 is 0 Å². The van der Waals surface area contributed by atoms with Crippen LogP contribution in [0.3, 0.4) is 0 Å². The molecule has 0 spiro atoms. The van der Waals surface area contributed by atoms with E-state index in [9.17, 15) is 0 Å². The summed E-state index contributed by atoms with van der Waals surface area (Å²) >= 11 is 0. The monoisotopic (exact) mass is 639 g/mol. The van der Waals surface area contributed by atoms with Crippen LogP contribution in [0.2, 0.25) is 0 Å². The minimum absolute atomic E-state index is 0.661. The first kappa shape index (κ1) is 28.2. The van der Waals surface area contributed by atoms with Crippen LogP contribution in [0.1, 0.15) is 0 Å². The zero-order valence-corrected chi connectivity index (χ0v) is 27.0. The molecular weight excluding hydrogens is 611 g/mol. The van der Waals surface area contributed by atoms with E-state index in [-0.39, 0.29) is 0 Å². The molecule has 0 atom stereocenters. The molecule has 0 saturated carbocycles. The quantitative estimate of drug-likeness (QED) is 0.188. The van der Waals surface area contributed by atoms with Crippen LogP contribution in [0.5, 0.6) is 0 Å². The van der Waals surface area contributed by atoms with E-state index in [4.69, 9.17) is 9.97 Å². The molecule has 0 saturated heterocycles. The van der Waals surface area contributed by atoms with Crippen molar-refractivity contribution in [1.82, 2.24) is 24.1 Å². The smallest absolute Gasteiger partial charge is 0.162 e. The largest absolute Gasteiger partial charge is 0.309 e. The molecule has 6 aromatic carbocycles. The van der Waals surface area contributed by atoms with E-state index in [1.54, 1.807) is 6.20 Å². The van der Waals surface area contributed by atoms with Gasteiger partial charge in [-0.2, -0.15) is 0 Å². The highest BCUT2D eigenvalue weighted by Gasteiger charge is 2.18. The third-order valence-corrected chi connectivity index (χ3v) is 9.60. The highest BCUT2D eigenvalue weighted by Crippen LogP contribution is 2.38. The van der Waals surface area contributed by atoms with Crippen LogP contribution in [0.4, 0.5) is 0 Å². The maximum absolute atomic E-state index is 5.17. The third-order valence-electron chi connectivity index (χ3n) is 9.60. The van der Waals surface area contributed by atoms with Crippen LogP contribution < -0.4 is 0 Å². The van der Waals surface area contributed by atoms with Gasteiger partial charge in [0.25, 0.3) is 0 Å². The first-order valence-electron chi connectivity index (χ1n) is 16.8. The van der Waals surface area contributed by atoms with Crippen LogP contribution in [0.25, 0.3) is 89.0 Å². The fraction of sp³-hybridized carbons (Fsp3) is 0. The average molecular weight is 640 g/mol. The summed E-state index contributed by atoms with van der Waals surface area (Å²) in [6, 6.07) is 59.6. The molecule has 0 aliphatic carbocycles. The lowest BCUT2D eigenvalue weighted by molar-refractivity contribution is 1.04. The van der Waals surface area contributed by atoms with E-state index in [1.165, 1.54) is 38.1 Å². The lowest BCUT2D eigenvalue weighted by Gasteiger charge is -2.12. The van der Waals surface area contributed by atoms with Crippen molar-refractivity contribution in [3.63, 3.8) is 0 Å². The molecule has 5 nitrogen and oxygen atoms in total. The molecule has 0 amide bonds. The van der Waals surface area contributed by atoms with Gasteiger partial charge in [-0.1, -0.05) is 109 Å². The maximum atomic E-state index is 5.17. The number of rotatable bonds is 5. The summed E-state index contributed by atoms with van der Waals surface area (Å²) in [6.07, 6.45) is 1.80. The fourth-order valence-electron chi connectivity index (χ4n) is 7.32. The summed E-state index contributed by atoms with van der Waals surface area (Å²) in [5, 5.41) is 4.83. The number of hydrogen-bond acceptors (Lipinski definition) is 3. The molecule has 4 aromatic heterocycles. The molecule has 5 heteroatoms. The molecule has 50 heavy (non-hydrogen) atoms. The van der Waals surface area contributed by atoms with Gasteiger partial charge in [-0.15, -0.1) is 0 Å². The third kappa shape index (κ3) is 4.52. The summed E-state index contributed by atoms with van der Waals surface area (Å²) < 4.78 is 4.63. The summed E-state index contributed by atoms with van der Waals surface area (Å²) in [6.45, 7) is 0. The predicted octanol–water partition coefficient (Wildman–Crippen LogP) is 11.1. The number of nitrogens with zero attached hydrogens (tertiary/aromatic N) is 5. The SMILES string of the molecule is c1ccc(-c2nc(-c3ccccn3)cc(-n3c4ccccc4c4cc(-c5ccc6c7ccccc7n(-c7ccccc7)c6c5)ccc43)n2)cc1. The Morgan fingerprint density at radius 1 is 0.360 bits per heavy atom. The number of para-hydroxylation sites is 3. The van der Waals surface area contributed by atoms with E-state index in [1.807, 2.05) is 54.6 Å². The molecule has 0 aliphatic rings. The fourth-order valence-corrected chi connectivity index (χ4v) is 7.32. The normalized spacial score (nSPS) is 11.6. The Morgan fingerprint density at radius 3 is 1.76 bits per heavy atom. The van der Waals surface area contributed by atoms with Crippen molar-refractivity contribution in [2.45, 2.75) is 0 Å². The molecular formula is C45H29N5. The molecule has 0 N–H and O–H groups in total. The van der Waals surface area contributed by atoms with Crippen LogP contribution in [0, 0.1) is 0 Å². The predicted molar refractivity (Wildman–Crippen MR) is 205 cm³/mol. The number of fused-ring (bicyclic) bond motifs is 6. The number of pyridine rings is 1. The van der Waals surface area contributed by atoms with Crippen molar-refractivity contribution in [3.05, 3.63) is 176 Å². The lowest BCUT2D eigenvalue weighted by Crippen LogP contribution is -2.02. The standard InChI is InChI=1S/C45H29N5/c1-3-13-30(14-4-1)45-47-39(38-19-11-12-26-46-38)29-44(48-45)50-41-21-10-8-18-35(41)37-27-31(23-25-42(37)50)32-22-24-36-34-17-7-9-20-40(34)49(43(36)28-32)33-15-5-2-6-16-33/h1-29H. The molecule has 0 bridgehead atoms. The van der Waals surface area contributed by atoms with Gasteiger partial charge in [0.2, 0.25) is 0 Å². The molecule has 0 aliphatic heterocycles. The number of hydrogen-bond donors (Lipinski definition) is 0. The van der Waals surface area contributed by atoms with Gasteiger partial charge in [0.15, 0.2) is 5.82 Å². The highest BCUT2D eigenvalue weighted by atomic mass is 15.1. The molecule has 0 unspecified atom stereocenters. The van der Waals surface area contributed by atoms with Gasteiger partial charge in [0.1, 0.15) is 5.82 Å². The Morgan fingerprint density at radius 2 is 0.980 bits per heavy atom. The second kappa shape index (κ2) is 11.4. The van der Waals surface area contributed by atoms with Gasteiger partial charge < -0.3 is 4.57 Å². The summed E-state index contributed by atoms with van der Waals surface area (Å²) in [5.74, 6) is 1.46. The molecule has 0 radical (unpaired) electrons. The lowest BCUT2D eigenvalue weighted by atomic mass is 10.0. The first-order chi connectivity index (χ1) is 24.8. The molecule has 234 valence electrons. The van der Waals surface area contributed by atoms with Crippen molar-refractivity contribution in [2.75, 3.05) is 0 Å². The highest BCUT2D eigenvalue weighted by molar-refractivity contribution is 6.12. The minimum atomic E-state index is 0.661.